The van der Waals surface area contributed by atoms with Crippen molar-refractivity contribution in [3.05, 3.63) is 23.8 Å². The van der Waals surface area contributed by atoms with Crippen LogP contribution in [0.3, 0.4) is 0 Å². The Bertz CT molecular complexity index is 429. The fourth-order valence-electron chi connectivity index (χ4n) is 1.65. The molecule has 0 spiro atoms. The van der Waals surface area contributed by atoms with E-state index in [1.165, 1.54) is 0 Å². The summed E-state index contributed by atoms with van der Waals surface area (Å²) in [6.45, 7) is 4.39. The average molecular weight is 237 g/mol. The second-order valence-electron chi connectivity index (χ2n) is 4.61. The summed E-state index contributed by atoms with van der Waals surface area (Å²) < 4.78 is 10.6. The van der Waals surface area contributed by atoms with Crippen molar-refractivity contribution in [2.24, 2.45) is 11.1 Å². The zero-order valence-electron chi connectivity index (χ0n) is 9.45. The zero-order chi connectivity index (χ0) is 11.8. The van der Waals surface area contributed by atoms with Crippen LogP contribution in [0.4, 0.5) is 0 Å². The first-order chi connectivity index (χ1) is 7.49. The van der Waals surface area contributed by atoms with E-state index in [0.29, 0.717) is 11.8 Å². The van der Waals surface area contributed by atoms with Gasteiger partial charge in [0, 0.05) is 5.41 Å². The summed E-state index contributed by atoms with van der Waals surface area (Å²) >= 11 is 5.05. The highest BCUT2D eigenvalue weighted by molar-refractivity contribution is 7.80. The average Bonchev–Trinajstić information content (AvgIpc) is 2.63. The number of rotatable bonds is 3. The van der Waals surface area contributed by atoms with Gasteiger partial charge in [-0.25, -0.2) is 0 Å². The maximum absolute atomic E-state index is 5.71. The highest BCUT2D eigenvalue weighted by Crippen LogP contribution is 2.34. The number of ether oxygens (including phenoxy) is 2. The molecule has 1 aliphatic rings. The van der Waals surface area contributed by atoms with E-state index in [0.717, 1.165) is 23.5 Å². The second kappa shape index (κ2) is 3.94. The van der Waals surface area contributed by atoms with Gasteiger partial charge in [-0.15, -0.1) is 0 Å². The minimum absolute atomic E-state index is 0.178. The largest absolute Gasteiger partial charge is 0.454 e. The highest BCUT2D eigenvalue weighted by atomic mass is 32.1. The normalized spacial score (nSPS) is 13.9. The summed E-state index contributed by atoms with van der Waals surface area (Å²) in [6.07, 6.45) is 0.805. The lowest BCUT2D eigenvalue weighted by Crippen LogP contribution is -2.31. The lowest BCUT2D eigenvalue weighted by atomic mass is 9.86. The standard InChI is InChI=1S/C12H15NO2S/c1-12(2,11(13)16)6-8-3-4-9-10(5-8)15-7-14-9/h3-5H,6-7H2,1-2H3,(H2,13,16). The molecule has 1 aromatic rings. The Morgan fingerprint density at radius 2 is 2.06 bits per heavy atom. The molecule has 2 N–H and O–H groups in total. The van der Waals surface area contributed by atoms with Crippen molar-refractivity contribution in [1.29, 1.82) is 0 Å². The summed E-state index contributed by atoms with van der Waals surface area (Å²) in [5.74, 6) is 1.60. The van der Waals surface area contributed by atoms with E-state index in [1.54, 1.807) is 0 Å². The van der Waals surface area contributed by atoms with Crippen molar-refractivity contribution >= 4 is 17.2 Å². The van der Waals surface area contributed by atoms with Crippen LogP contribution in [0.5, 0.6) is 11.5 Å². The molecule has 4 heteroatoms. The van der Waals surface area contributed by atoms with Crippen LogP contribution in [-0.4, -0.2) is 11.8 Å². The Hall–Kier alpha value is -1.29. The third-order valence-electron chi connectivity index (χ3n) is 2.75. The molecule has 0 saturated heterocycles. The van der Waals surface area contributed by atoms with Gasteiger partial charge in [-0.2, -0.15) is 0 Å². The number of hydrogen-bond acceptors (Lipinski definition) is 3. The molecule has 0 amide bonds. The Morgan fingerprint density at radius 1 is 1.38 bits per heavy atom. The monoisotopic (exact) mass is 237 g/mol. The molecule has 0 bridgehead atoms. The topological polar surface area (TPSA) is 44.5 Å². The molecule has 0 unspecified atom stereocenters. The van der Waals surface area contributed by atoms with Crippen molar-refractivity contribution in [3.8, 4) is 11.5 Å². The molecular weight excluding hydrogens is 222 g/mol. The Balaban J connectivity index is 2.20. The van der Waals surface area contributed by atoms with Crippen LogP contribution in [0.25, 0.3) is 0 Å². The van der Waals surface area contributed by atoms with Gasteiger partial charge in [0.15, 0.2) is 11.5 Å². The van der Waals surface area contributed by atoms with Crippen molar-refractivity contribution in [2.45, 2.75) is 20.3 Å². The molecule has 0 radical (unpaired) electrons. The van der Waals surface area contributed by atoms with E-state index in [2.05, 4.69) is 0 Å². The minimum Gasteiger partial charge on any atom is -0.454 e. The van der Waals surface area contributed by atoms with Gasteiger partial charge in [-0.1, -0.05) is 32.1 Å². The molecule has 0 aromatic heterocycles. The van der Waals surface area contributed by atoms with E-state index in [-0.39, 0.29) is 5.41 Å². The first-order valence-corrected chi connectivity index (χ1v) is 5.58. The van der Waals surface area contributed by atoms with Gasteiger partial charge >= 0.3 is 0 Å². The first-order valence-electron chi connectivity index (χ1n) is 5.17. The van der Waals surface area contributed by atoms with Crippen LogP contribution in [0.1, 0.15) is 19.4 Å². The number of thiocarbonyl (C=S) groups is 1. The fourth-order valence-corrected chi connectivity index (χ4v) is 1.72. The Morgan fingerprint density at radius 3 is 2.75 bits per heavy atom. The second-order valence-corrected chi connectivity index (χ2v) is 5.05. The van der Waals surface area contributed by atoms with Crippen LogP contribution in [0, 0.1) is 5.41 Å². The molecule has 3 nitrogen and oxygen atoms in total. The number of fused-ring (bicyclic) bond motifs is 1. The zero-order valence-corrected chi connectivity index (χ0v) is 10.3. The molecule has 1 aliphatic heterocycles. The van der Waals surface area contributed by atoms with Crippen LogP contribution in [0.15, 0.2) is 18.2 Å². The third-order valence-corrected chi connectivity index (χ3v) is 3.30. The Labute approximate surface area is 101 Å². The van der Waals surface area contributed by atoms with Gasteiger partial charge in [-0.05, 0) is 24.1 Å². The summed E-state index contributed by atoms with van der Waals surface area (Å²) in [5.41, 5.74) is 6.68. The summed E-state index contributed by atoms with van der Waals surface area (Å²) in [4.78, 5) is 0.533. The molecule has 1 aromatic carbocycles. The maximum atomic E-state index is 5.71. The van der Waals surface area contributed by atoms with Crippen molar-refractivity contribution in [1.82, 2.24) is 0 Å². The van der Waals surface area contributed by atoms with Crippen molar-refractivity contribution in [2.75, 3.05) is 6.79 Å². The molecule has 86 valence electrons. The van der Waals surface area contributed by atoms with Crippen molar-refractivity contribution in [3.63, 3.8) is 0 Å². The van der Waals surface area contributed by atoms with E-state index in [4.69, 9.17) is 27.4 Å². The molecule has 0 aliphatic carbocycles. The maximum Gasteiger partial charge on any atom is 0.231 e. The molecule has 0 fully saturated rings. The van der Waals surface area contributed by atoms with Crippen molar-refractivity contribution < 1.29 is 9.47 Å². The van der Waals surface area contributed by atoms with Gasteiger partial charge in [0.2, 0.25) is 6.79 Å². The molecular formula is C12H15NO2S. The molecule has 2 rings (SSSR count). The lowest BCUT2D eigenvalue weighted by Gasteiger charge is -2.23. The smallest absolute Gasteiger partial charge is 0.231 e. The third kappa shape index (κ3) is 2.11. The van der Waals surface area contributed by atoms with Gasteiger partial charge in [0.05, 0.1) is 4.99 Å². The SMILES string of the molecule is CC(C)(Cc1ccc2c(c1)OCO2)C(N)=S. The summed E-state index contributed by atoms with van der Waals surface area (Å²) in [6, 6.07) is 5.93. The highest BCUT2D eigenvalue weighted by Gasteiger charge is 2.23. The number of benzene rings is 1. The molecule has 1 heterocycles. The van der Waals surface area contributed by atoms with Crippen LogP contribution in [-0.2, 0) is 6.42 Å². The van der Waals surface area contributed by atoms with E-state index in [9.17, 15) is 0 Å². The Kier molecular flexibility index (Phi) is 2.76. The van der Waals surface area contributed by atoms with Gasteiger partial charge in [0.1, 0.15) is 0 Å². The first kappa shape index (κ1) is 11.2. The number of nitrogens with two attached hydrogens (primary N) is 1. The van der Waals surface area contributed by atoms with Crippen LogP contribution in [0.2, 0.25) is 0 Å². The van der Waals surface area contributed by atoms with Gasteiger partial charge < -0.3 is 15.2 Å². The quantitative estimate of drug-likeness (QED) is 0.819. The molecule has 16 heavy (non-hydrogen) atoms. The minimum atomic E-state index is -0.178. The predicted octanol–water partition coefficient (Wildman–Crippen LogP) is 2.27. The molecule has 0 saturated carbocycles. The van der Waals surface area contributed by atoms with Crippen LogP contribution < -0.4 is 15.2 Å². The summed E-state index contributed by atoms with van der Waals surface area (Å²) in [7, 11) is 0. The van der Waals surface area contributed by atoms with E-state index < -0.39 is 0 Å². The van der Waals surface area contributed by atoms with Crippen LogP contribution >= 0.6 is 12.2 Å². The van der Waals surface area contributed by atoms with Gasteiger partial charge in [-0.3, -0.25) is 0 Å². The number of hydrogen-bond donors (Lipinski definition) is 1. The molecule has 0 atom stereocenters. The van der Waals surface area contributed by atoms with Gasteiger partial charge in [0.25, 0.3) is 0 Å². The fraction of sp³-hybridized carbons (Fsp3) is 0.417. The predicted molar refractivity (Wildman–Crippen MR) is 66.8 cm³/mol. The lowest BCUT2D eigenvalue weighted by molar-refractivity contribution is 0.174. The summed E-state index contributed by atoms with van der Waals surface area (Å²) in [5, 5.41) is 0. The van der Waals surface area contributed by atoms with E-state index in [1.807, 2.05) is 32.0 Å². The van der Waals surface area contributed by atoms with E-state index >= 15 is 0 Å².